The first-order chi connectivity index (χ1) is 20.2. The number of hydrogen-bond acceptors (Lipinski definition) is 7. The number of hydrogen-bond donors (Lipinski definition) is 3. The zero-order valence-corrected chi connectivity index (χ0v) is 24.3. The highest BCUT2D eigenvalue weighted by Gasteiger charge is 2.41. The van der Waals surface area contributed by atoms with Gasteiger partial charge in [-0.1, -0.05) is 56.3 Å². The molecule has 0 aromatic heterocycles. The van der Waals surface area contributed by atoms with Crippen molar-refractivity contribution >= 4 is 29.4 Å². The Morgan fingerprint density at radius 1 is 1.12 bits per heavy atom. The molecule has 42 heavy (non-hydrogen) atoms. The van der Waals surface area contributed by atoms with E-state index >= 15 is 0 Å². The molecule has 10 nitrogen and oxygen atoms in total. The largest absolute Gasteiger partial charge is 0.369 e. The second kappa shape index (κ2) is 13.7. The summed E-state index contributed by atoms with van der Waals surface area (Å²) < 4.78 is 0. The second-order valence-electron chi connectivity index (χ2n) is 11.0. The molecule has 2 aromatic carbocycles. The molecule has 0 spiro atoms. The molecule has 2 aliphatic heterocycles. The predicted molar refractivity (Wildman–Crippen MR) is 164 cm³/mol. The zero-order chi connectivity index (χ0) is 30.3. The topological polar surface area (TPSA) is 155 Å². The van der Waals surface area contributed by atoms with Crippen molar-refractivity contribution in [2.75, 3.05) is 26.2 Å². The first kappa shape index (κ1) is 30.8. The summed E-state index contributed by atoms with van der Waals surface area (Å²) in [6, 6.07) is 16.2. The molecule has 2 atom stereocenters. The molecule has 222 valence electrons. The number of nitrogens with zero attached hydrogens (tertiary/aromatic N) is 3. The Balaban J connectivity index is 1.45. The van der Waals surface area contributed by atoms with Gasteiger partial charge in [0.15, 0.2) is 0 Å². The van der Waals surface area contributed by atoms with Gasteiger partial charge in [-0.25, -0.2) is 0 Å². The Labute approximate surface area is 246 Å². The third-order valence-electron chi connectivity index (χ3n) is 8.61. The fourth-order valence-electron chi connectivity index (χ4n) is 6.24. The van der Waals surface area contributed by atoms with E-state index in [1.165, 1.54) is 17.7 Å². The van der Waals surface area contributed by atoms with E-state index in [-0.39, 0.29) is 17.0 Å². The Morgan fingerprint density at radius 2 is 1.79 bits per heavy atom. The Morgan fingerprint density at radius 3 is 2.33 bits per heavy atom. The summed E-state index contributed by atoms with van der Waals surface area (Å²) in [6.07, 6.45) is 5.08. The van der Waals surface area contributed by atoms with Crippen LogP contribution in [0.2, 0.25) is 0 Å². The first-order valence-electron chi connectivity index (χ1n) is 14.7. The van der Waals surface area contributed by atoms with E-state index in [4.69, 9.17) is 16.1 Å². The lowest BCUT2D eigenvalue weighted by atomic mass is 9.73. The van der Waals surface area contributed by atoms with Gasteiger partial charge in [0, 0.05) is 53.2 Å². The number of non-ortho nitro benzene ring substituents is 1. The minimum atomic E-state index is -0.820. The molecule has 1 fully saturated rings. The highest BCUT2D eigenvalue weighted by molar-refractivity contribution is 6.09. The van der Waals surface area contributed by atoms with Crippen LogP contribution >= 0.6 is 0 Å². The molecule has 0 aliphatic carbocycles. The number of allylic oxidation sites excluding steroid dienone is 1. The van der Waals surface area contributed by atoms with Crippen molar-refractivity contribution in [1.29, 1.82) is 5.41 Å². The van der Waals surface area contributed by atoms with E-state index in [0.29, 0.717) is 41.9 Å². The summed E-state index contributed by atoms with van der Waals surface area (Å²) in [5.74, 6) is -2.38. The standard InChI is InChI=1S/C32H40N6O4/c1-3-25-28(30(34)39)27(22-11-13-24(14-12-22)38(41)42)29(26(4-2)36-25)31(40)35-17-8-18-37-19-15-32(21-33,16-20-37)23-9-6-5-7-10-23/h5-7,9-14,21,27-28,33H,3-4,8,15-20H2,1-2H3,(H2,34,39)(H,35,40). The molecule has 0 saturated carbocycles. The van der Waals surface area contributed by atoms with E-state index in [1.54, 1.807) is 18.3 Å². The van der Waals surface area contributed by atoms with Crippen LogP contribution in [0.1, 0.15) is 63.0 Å². The van der Waals surface area contributed by atoms with Crippen molar-refractivity contribution in [3.8, 4) is 0 Å². The maximum Gasteiger partial charge on any atom is 0.269 e. The SMILES string of the molecule is CCC1=NC(CC)=C(C(=O)NCCCN2CCC(C=N)(c3ccccc3)CC2)C(c2ccc([N+](=O)[O-])cc2)C1C(N)=O. The molecular formula is C32H40N6O4. The van der Waals surface area contributed by atoms with E-state index < -0.39 is 22.7 Å². The van der Waals surface area contributed by atoms with Crippen molar-refractivity contribution in [3.05, 3.63) is 87.1 Å². The van der Waals surface area contributed by atoms with Gasteiger partial charge in [-0.3, -0.25) is 24.7 Å². The van der Waals surface area contributed by atoms with Gasteiger partial charge < -0.3 is 21.4 Å². The molecule has 4 rings (SSSR count). The highest BCUT2D eigenvalue weighted by Crippen LogP contribution is 2.41. The summed E-state index contributed by atoms with van der Waals surface area (Å²) in [4.78, 5) is 44.2. The molecule has 0 bridgehead atoms. The van der Waals surface area contributed by atoms with Crippen LogP contribution in [0.25, 0.3) is 0 Å². The third kappa shape index (κ3) is 6.49. The Bertz CT molecular complexity index is 1360. The second-order valence-corrected chi connectivity index (χ2v) is 11.0. The number of likely N-dealkylation sites (tertiary alicyclic amines) is 1. The van der Waals surface area contributed by atoms with Crippen LogP contribution in [0.5, 0.6) is 0 Å². The molecule has 2 unspecified atom stereocenters. The number of nitro groups is 1. The summed E-state index contributed by atoms with van der Waals surface area (Å²) in [7, 11) is 0. The fraction of sp³-hybridized carbons (Fsp3) is 0.438. The van der Waals surface area contributed by atoms with E-state index in [9.17, 15) is 19.7 Å². The lowest BCUT2D eigenvalue weighted by molar-refractivity contribution is -0.384. The van der Waals surface area contributed by atoms with Gasteiger partial charge in [0.2, 0.25) is 11.8 Å². The Hall–Kier alpha value is -4.18. The van der Waals surface area contributed by atoms with Crippen LogP contribution in [-0.2, 0) is 15.0 Å². The van der Waals surface area contributed by atoms with Crippen LogP contribution < -0.4 is 11.1 Å². The highest BCUT2D eigenvalue weighted by atomic mass is 16.6. The molecule has 0 radical (unpaired) electrons. The monoisotopic (exact) mass is 572 g/mol. The van der Waals surface area contributed by atoms with Crippen LogP contribution in [-0.4, -0.2) is 59.7 Å². The van der Waals surface area contributed by atoms with Gasteiger partial charge in [-0.15, -0.1) is 0 Å². The van der Waals surface area contributed by atoms with Crippen LogP contribution in [0.4, 0.5) is 5.69 Å². The number of nitrogens with two attached hydrogens (primary N) is 1. The minimum Gasteiger partial charge on any atom is -0.369 e. The van der Waals surface area contributed by atoms with Gasteiger partial charge in [0.1, 0.15) is 0 Å². The number of piperidine rings is 1. The van der Waals surface area contributed by atoms with Crippen molar-refractivity contribution in [2.45, 2.75) is 57.3 Å². The molecule has 4 N–H and O–H groups in total. The summed E-state index contributed by atoms with van der Waals surface area (Å²) >= 11 is 0. The summed E-state index contributed by atoms with van der Waals surface area (Å²) in [5, 5.41) is 22.4. The molecule has 2 heterocycles. The molecule has 10 heteroatoms. The summed E-state index contributed by atoms with van der Waals surface area (Å²) in [6.45, 7) is 6.82. The van der Waals surface area contributed by atoms with Crippen molar-refractivity contribution in [2.24, 2.45) is 16.6 Å². The smallest absolute Gasteiger partial charge is 0.269 e. The number of aliphatic imine (C=N–C) groups is 1. The predicted octanol–water partition coefficient (Wildman–Crippen LogP) is 4.50. The number of carbonyl (C=O) groups excluding carboxylic acids is 2. The van der Waals surface area contributed by atoms with E-state index in [2.05, 4.69) is 22.3 Å². The number of nitrogens with one attached hydrogen (secondary N) is 2. The number of rotatable bonds is 12. The maximum absolute atomic E-state index is 13.7. The normalized spacial score (nSPS) is 20.5. The first-order valence-corrected chi connectivity index (χ1v) is 14.7. The van der Waals surface area contributed by atoms with Crippen molar-refractivity contribution in [1.82, 2.24) is 10.2 Å². The van der Waals surface area contributed by atoms with Crippen LogP contribution in [0, 0.1) is 21.4 Å². The summed E-state index contributed by atoms with van der Waals surface area (Å²) in [5.41, 5.74) is 8.97. The maximum atomic E-state index is 13.7. The van der Waals surface area contributed by atoms with Crippen LogP contribution in [0.3, 0.4) is 0 Å². The van der Waals surface area contributed by atoms with Crippen LogP contribution in [0.15, 0.2) is 70.9 Å². The average molecular weight is 573 g/mol. The van der Waals surface area contributed by atoms with E-state index in [1.807, 2.05) is 32.0 Å². The quantitative estimate of drug-likeness (QED) is 0.148. The average Bonchev–Trinajstić information content (AvgIpc) is 3.02. The molecule has 1 saturated heterocycles. The molecule has 2 aromatic rings. The lowest BCUT2D eigenvalue weighted by Gasteiger charge is -2.39. The lowest BCUT2D eigenvalue weighted by Crippen LogP contribution is -2.44. The molecule has 2 aliphatic rings. The minimum absolute atomic E-state index is 0.0698. The van der Waals surface area contributed by atoms with Crippen molar-refractivity contribution < 1.29 is 14.5 Å². The number of benzene rings is 2. The Kier molecular flexibility index (Phi) is 10.0. The van der Waals surface area contributed by atoms with Gasteiger partial charge in [0.05, 0.1) is 10.8 Å². The van der Waals surface area contributed by atoms with Gasteiger partial charge in [-0.2, -0.15) is 0 Å². The van der Waals surface area contributed by atoms with Gasteiger partial charge in [0.25, 0.3) is 5.69 Å². The third-order valence-corrected chi connectivity index (χ3v) is 8.61. The number of nitro benzene ring substituents is 1. The molecule has 2 amide bonds. The van der Waals surface area contributed by atoms with Crippen molar-refractivity contribution in [3.63, 3.8) is 0 Å². The zero-order valence-electron chi connectivity index (χ0n) is 24.3. The number of primary amides is 1. The van der Waals surface area contributed by atoms with E-state index in [0.717, 1.165) is 38.9 Å². The molecular weight excluding hydrogens is 532 g/mol. The van der Waals surface area contributed by atoms with Gasteiger partial charge in [-0.05, 0) is 62.9 Å². The fourth-order valence-corrected chi connectivity index (χ4v) is 6.24. The number of carbonyl (C=O) groups is 2. The van der Waals surface area contributed by atoms with Gasteiger partial charge >= 0.3 is 0 Å². The number of amides is 2.